The van der Waals surface area contributed by atoms with Crippen LogP contribution in [0.5, 0.6) is 0 Å². The highest BCUT2D eigenvalue weighted by Gasteiger charge is 2.42. The van der Waals surface area contributed by atoms with Crippen molar-refractivity contribution in [1.29, 1.82) is 0 Å². The summed E-state index contributed by atoms with van der Waals surface area (Å²) in [5, 5.41) is 0. The standard InChI is InChI=1S/C15H17Br2NO/c1-9-13(3-2-4-14(9)17)15(19)18-11-5-6-12(18)8-10(16)7-11/h2-4,10-12H,5-8H2,1H3. The van der Waals surface area contributed by atoms with Crippen molar-refractivity contribution < 1.29 is 4.79 Å². The first-order chi connectivity index (χ1) is 9.08. The molecule has 2 aliphatic heterocycles. The van der Waals surface area contributed by atoms with Gasteiger partial charge in [-0.2, -0.15) is 0 Å². The van der Waals surface area contributed by atoms with Gasteiger partial charge in [-0.15, -0.1) is 0 Å². The molecule has 2 fully saturated rings. The van der Waals surface area contributed by atoms with Crippen molar-refractivity contribution in [1.82, 2.24) is 4.90 Å². The minimum Gasteiger partial charge on any atom is -0.333 e. The third kappa shape index (κ3) is 2.38. The van der Waals surface area contributed by atoms with Crippen molar-refractivity contribution >= 4 is 37.8 Å². The van der Waals surface area contributed by atoms with Gasteiger partial charge in [0, 0.05) is 26.9 Å². The molecule has 2 nitrogen and oxygen atoms in total. The summed E-state index contributed by atoms with van der Waals surface area (Å²) in [7, 11) is 0. The molecule has 0 N–H and O–H groups in total. The summed E-state index contributed by atoms with van der Waals surface area (Å²) in [6.07, 6.45) is 4.50. The monoisotopic (exact) mass is 385 g/mol. The van der Waals surface area contributed by atoms with Gasteiger partial charge in [0.2, 0.25) is 0 Å². The Kier molecular flexibility index (Phi) is 3.73. The van der Waals surface area contributed by atoms with Crippen LogP contribution in [0.1, 0.15) is 41.6 Å². The van der Waals surface area contributed by atoms with E-state index in [2.05, 4.69) is 36.8 Å². The molecule has 1 aromatic rings. The van der Waals surface area contributed by atoms with Gasteiger partial charge in [-0.1, -0.05) is 37.9 Å². The molecule has 2 saturated heterocycles. The molecule has 4 heteroatoms. The molecule has 2 heterocycles. The normalized spacial score (nSPS) is 29.6. The van der Waals surface area contributed by atoms with E-state index in [-0.39, 0.29) is 5.91 Å². The molecule has 1 amide bonds. The highest BCUT2D eigenvalue weighted by atomic mass is 79.9. The average Bonchev–Trinajstić information content (AvgIpc) is 2.64. The smallest absolute Gasteiger partial charge is 0.254 e. The van der Waals surface area contributed by atoms with E-state index in [0.717, 1.165) is 41.3 Å². The van der Waals surface area contributed by atoms with Crippen molar-refractivity contribution in [3.63, 3.8) is 0 Å². The van der Waals surface area contributed by atoms with Crippen LogP contribution in [-0.2, 0) is 0 Å². The molecule has 2 atom stereocenters. The Morgan fingerprint density at radius 3 is 2.53 bits per heavy atom. The number of alkyl halides is 1. The number of hydrogen-bond donors (Lipinski definition) is 0. The molecule has 0 radical (unpaired) electrons. The topological polar surface area (TPSA) is 20.3 Å². The lowest BCUT2D eigenvalue weighted by Crippen LogP contribution is -2.47. The van der Waals surface area contributed by atoms with E-state index in [1.54, 1.807) is 0 Å². The first-order valence-electron chi connectivity index (χ1n) is 6.79. The Bertz CT molecular complexity index is 503. The van der Waals surface area contributed by atoms with Crippen LogP contribution in [0, 0.1) is 6.92 Å². The van der Waals surface area contributed by atoms with Crippen molar-refractivity contribution in [2.45, 2.75) is 49.5 Å². The predicted molar refractivity (Wildman–Crippen MR) is 83.8 cm³/mol. The molecule has 2 bridgehead atoms. The summed E-state index contributed by atoms with van der Waals surface area (Å²) in [5.41, 5.74) is 1.90. The number of hydrogen-bond acceptors (Lipinski definition) is 1. The Labute approximate surface area is 130 Å². The third-order valence-electron chi connectivity index (χ3n) is 4.41. The fourth-order valence-corrected chi connectivity index (χ4v) is 4.65. The fraction of sp³-hybridized carbons (Fsp3) is 0.533. The minimum atomic E-state index is 0.214. The summed E-state index contributed by atoms with van der Waals surface area (Å²) in [6, 6.07) is 6.74. The number of rotatable bonds is 1. The van der Waals surface area contributed by atoms with E-state index >= 15 is 0 Å². The zero-order chi connectivity index (χ0) is 13.6. The van der Waals surface area contributed by atoms with E-state index in [1.807, 2.05) is 25.1 Å². The highest BCUT2D eigenvalue weighted by Crippen LogP contribution is 2.39. The molecule has 0 aliphatic carbocycles. The molecular weight excluding hydrogens is 370 g/mol. The highest BCUT2D eigenvalue weighted by molar-refractivity contribution is 9.10. The zero-order valence-corrected chi connectivity index (χ0v) is 14.1. The van der Waals surface area contributed by atoms with Gasteiger partial charge in [0.05, 0.1) is 0 Å². The predicted octanol–water partition coefficient (Wildman–Crippen LogP) is 4.29. The van der Waals surface area contributed by atoms with E-state index in [4.69, 9.17) is 0 Å². The molecule has 0 spiro atoms. The molecule has 19 heavy (non-hydrogen) atoms. The van der Waals surface area contributed by atoms with Crippen molar-refractivity contribution in [3.8, 4) is 0 Å². The minimum absolute atomic E-state index is 0.214. The summed E-state index contributed by atoms with van der Waals surface area (Å²) in [4.78, 5) is 15.6. The van der Waals surface area contributed by atoms with Crippen LogP contribution in [0.2, 0.25) is 0 Å². The van der Waals surface area contributed by atoms with Crippen LogP contribution in [0.3, 0.4) is 0 Å². The number of halogens is 2. The number of carbonyl (C=O) groups is 1. The fourth-order valence-electron chi connectivity index (χ4n) is 3.42. The van der Waals surface area contributed by atoms with Gasteiger partial charge < -0.3 is 4.90 Å². The quantitative estimate of drug-likeness (QED) is 0.659. The van der Waals surface area contributed by atoms with Crippen molar-refractivity contribution in [2.75, 3.05) is 0 Å². The van der Waals surface area contributed by atoms with Gasteiger partial charge in [-0.05, 0) is 50.3 Å². The van der Waals surface area contributed by atoms with E-state index in [1.165, 1.54) is 0 Å². The van der Waals surface area contributed by atoms with E-state index < -0.39 is 0 Å². The maximum absolute atomic E-state index is 12.8. The first-order valence-corrected chi connectivity index (χ1v) is 8.50. The second-order valence-electron chi connectivity index (χ2n) is 5.58. The Morgan fingerprint density at radius 1 is 1.26 bits per heavy atom. The number of nitrogens with zero attached hydrogens (tertiary/aromatic N) is 1. The molecule has 0 aromatic heterocycles. The van der Waals surface area contributed by atoms with Gasteiger partial charge in [0.15, 0.2) is 0 Å². The molecule has 0 saturated carbocycles. The second-order valence-corrected chi connectivity index (χ2v) is 7.73. The summed E-state index contributed by atoms with van der Waals surface area (Å²) in [6.45, 7) is 2.01. The third-order valence-corrected chi connectivity index (χ3v) is 6.01. The largest absolute Gasteiger partial charge is 0.333 e. The van der Waals surface area contributed by atoms with Gasteiger partial charge in [-0.3, -0.25) is 4.79 Å². The van der Waals surface area contributed by atoms with Crippen LogP contribution >= 0.6 is 31.9 Å². The van der Waals surface area contributed by atoms with Crippen LogP contribution in [0.15, 0.2) is 22.7 Å². The average molecular weight is 387 g/mol. The van der Waals surface area contributed by atoms with Crippen LogP contribution < -0.4 is 0 Å². The lowest BCUT2D eigenvalue weighted by atomic mass is 10.00. The van der Waals surface area contributed by atoms with Crippen LogP contribution in [-0.4, -0.2) is 27.7 Å². The summed E-state index contributed by atoms with van der Waals surface area (Å²) >= 11 is 7.24. The zero-order valence-electron chi connectivity index (χ0n) is 10.9. The maximum Gasteiger partial charge on any atom is 0.254 e. The van der Waals surface area contributed by atoms with Gasteiger partial charge in [0.1, 0.15) is 0 Å². The lowest BCUT2D eigenvalue weighted by Gasteiger charge is -2.37. The molecule has 1 aromatic carbocycles. The number of amides is 1. The Morgan fingerprint density at radius 2 is 1.89 bits per heavy atom. The van der Waals surface area contributed by atoms with Gasteiger partial charge >= 0.3 is 0 Å². The number of benzene rings is 1. The first kappa shape index (κ1) is 13.6. The number of piperidine rings is 1. The molecule has 2 aliphatic rings. The van der Waals surface area contributed by atoms with Crippen LogP contribution in [0.4, 0.5) is 0 Å². The molecule has 2 unspecified atom stereocenters. The summed E-state index contributed by atoms with van der Waals surface area (Å²) < 4.78 is 1.01. The maximum atomic E-state index is 12.8. The lowest BCUT2D eigenvalue weighted by molar-refractivity contribution is 0.0602. The molecule has 102 valence electrons. The van der Waals surface area contributed by atoms with Gasteiger partial charge in [-0.25, -0.2) is 0 Å². The van der Waals surface area contributed by atoms with Crippen LogP contribution in [0.25, 0.3) is 0 Å². The Balaban J connectivity index is 1.91. The summed E-state index contributed by atoms with van der Waals surface area (Å²) in [5.74, 6) is 0.214. The molecule has 3 rings (SSSR count). The second kappa shape index (κ2) is 5.21. The van der Waals surface area contributed by atoms with E-state index in [9.17, 15) is 4.79 Å². The number of carbonyl (C=O) groups excluding carboxylic acids is 1. The number of fused-ring (bicyclic) bond motifs is 2. The van der Waals surface area contributed by atoms with Crippen molar-refractivity contribution in [2.24, 2.45) is 0 Å². The van der Waals surface area contributed by atoms with E-state index in [0.29, 0.717) is 16.9 Å². The van der Waals surface area contributed by atoms with Gasteiger partial charge in [0.25, 0.3) is 5.91 Å². The SMILES string of the molecule is Cc1c(Br)cccc1C(=O)N1C2CCC1CC(Br)C2. The van der Waals surface area contributed by atoms with Crippen molar-refractivity contribution in [3.05, 3.63) is 33.8 Å². The molecular formula is C15H17Br2NO. The Hall–Kier alpha value is -0.350.